The van der Waals surface area contributed by atoms with Gasteiger partial charge in [0.25, 0.3) is 0 Å². The third kappa shape index (κ3) is 5.26. The molecular weight excluding hydrogens is 240 g/mol. The zero-order valence-electron chi connectivity index (χ0n) is 14.7. The predicted molar refractivity (Wildman–Crippen MR) is 91.8 cm³/mol. The van der Waals surface area contributed by atoms with Crippen molar-refractivity contribution in [1.29, 1.82) is 0 Å². The molecule has 0 amide bonds. The first kappa shape index (κ1) is 17.8. The molecule has 6 unspecified atom stereocenters. The Morgan fingerprint density at radius 2 is 1.80 bits per heavy atom. The van der Waals surface area contributed by atoms with Crippen LogP contribution in [-0.2, 0) is 0 Å². The fourth-order valence-corrected chi connectivity index (χ4v) is 4.76. The topological polar surface area (TPSA) is 0 Å². The summed E-state index contributed by atoms with van der Waals surface area (Å²) in [6.07, 6.45) is 11.9. The number of hydrogen-bond acceptors (Lipinski definition) is 0. The fraction of sp³-hybridized carbons (Fsp3) is 0.900. The Balaban J connectivity index is 2.81. The lowest BCUT2D eigenvalue weighted by molar-refractivity contribution is 0.138. The van der Waals surface area contributed by atoms with Gasteiger partial charge in [-0.2, -0.15) is 0 Å². The SMILES string of the molecule is C=CCC(C)C(CC)C1CC(C)CC(C)CCCC1C. The zero-order chi connectivity index (χ0) is 15.1. The summed E-state index contributed by atoms with van der Waals surface area (Å²) in [6.45, 7) is 16.3. The van der Waals surface area contributed by atoms with Gasteiger partial charge in [-0.15, -0.1) is 6.58 Å². The molecule has 0 heteroatoms. The van der Waals surface area contributed by atoms with Crippen LogP contribution in [0.15, 0.2) is 12.7 Å². The number of rotatable bonds is 5. The summed E-state index contributed by atoms with van der Waals surface area (Å²) in [4.78, 5) is 0. The van der Waals surface area contributed by atoms with Gasteiger partial charge in [0.2, 0.25) is 0 Å². The van der Waals surface area contributed by atoms with Crippen LogP contribution in [-0.4, -0.2) is 0 Å². The van der Waals surface area contributed by atoms with E-state index in [4.69, 9.17) is 0 Å². The minimum atomic E-state index is 0.801. The quantitative estimate of drug-likeness (QED) is 0.490. The van der Waals surface area contributed by atoms with E-state index in [0.29, 0.717) is 0 Å². The summed E-state index contributed by atoms with van der Waals surface area (Å²) < 4.78 is 0. The van der Waals surface area contributed by atoms with Gasteiger partial charge in [0, 0.05) is 0 Å². The van der Waals surface area contributed by atoms with Crippen molar-refractivity contribution in [2.75, 3.05) is 0 Å². The molecule has 0 radical (unpaired) electrons. The van der Waals surface area contributed by atoms with E-state index in [2.05, 4.69) is 47.3 Å². The Labute approximate surface area is 128 Å². The van der Waals surface area contributed by atoms with Crippen molar-refractivity contribution in [2.45, 2.75) is 79.6 Å². The highest BCUT2D eigenvalue weighted by Gasteiger charge is 2.31. The lowest BCUT2D eigenvalue weighted by atomic mass is 9.69. The highest BCUT2D eigenvalue weighted by atomic mass is 14.4. The average Bonchev–Trinajstić information content (AvgIpc) is 2.43. The van der Waals surface area contributed by atoms with Crippen molar-refractivity contribution in [3.05, 3.63) is 12.7 Å². The van der Waals surface area contributed by atoms with Gasteiger partial charge in [0.1, 0.15) is 0 Å². The second kappa shape index (κ2) is 8.90. The van der Waals surface area contributed by atoms with Gasteiger partial charge in [0.15, 0.2) is 0 Å². The second-order valence-corrected chi connectivity index (χ2v) is 7.83. The van der Waals surface area contributed by atoms with Crippen molar-refractivity contribution < 1.29 is 0 Å². The van der Waals surface area contributed by atoms with Gasteiger partial charge in [-0.25, -0.2) is 0 Å². The second-order valence-electron chi connectivity index (χ2n) is 7.83. The molecule has 6 atom stereocenters. The number of hydrogen-bond donors (Lipinski definition) is 0. The monoisotopic (exact) mass is 278 g/mol. The minimum absolute atomic E-state index is 0.801. The molecule has 0 aromatic heterocycles. The van der Waals surface area contributed by atoms with Crippen LogP contribution in [0.25, 0.3) is 0 Å². The summed E-state index contributed by atoms with van der Waals surface area (Å²) in [5.74, 6) is 5.35. The Bertz CT molecular complexity index is 267. The molecule has 0 nitrogen and oxygen atoms in total. The predicted octanol–water partition coefficient (Wildman–Crippen LogP) is 6.71. The van der Waals surface area contributed by atoms with E-state index < -0.39 is 0 Å². The maximum Gasteiger partial charge on any atom is -0.0325 e. The molecule has 1 aliphatic carbocycles. The molecule has 1 fully saturated rings. The first-order valence-electron chi connectivity index (χ1n) is 9.10. The Kier molecular flexibility index (Phi) is 7.92. The third-order valence-electron chi connectivity index (χ3n) is 5.86. The maximum absolute atomic E-state index is 3.95. The van der Waals surface area contributed by atoms with Crippen molar-refractivity contribution >= 4 is 0 Å². The molecule has 1 saturated carbocycles. The molecule has 0 aliphatic heterocycles. The summed E-state index contributed by atoms with van der Waals surface area (Å²) in [6, 6.07) is 0. The molecule has 0 bridgehead atoms. The molecule has 0 spiro atoms. The Morgan fingerprint density at radius 1 is 1.10 bits per heavy atom. The van der Waals surface area contributed by atoms with Crippen LogP contribution < -0.4 is 0 Å². The smallest absolute Gasteiger partial charge is 0.0325 e. The van der Waals surface area contributed by atoms with E-state index in [-0.39, 0.29) is 0 Å². The normalized spacial score (nSPS) is 35.5. The molecule has 20 heavy (non-hydrogen) atoms. The first-order chi connectivity index (χ1) is 9.49. The van der Waals surface area contributed by atoms with Gasteiger partial charge in [0.05, 0.1) is 0 Å². The van der Waals surface area contributed by atoms with Gasteiger partial charge >= 0.3 is 0 Å². The van der Waals surface area contributed by atoms with Crippen molar-refractivity contribution in [3.63, 3.8) is 0 Å². The molecule has 118 valence electrons. The zero-order valence-corrected chi connectivity index (χ0v) is 14.7. The Hall–Kier alpha value is -0.260. The summed E-state index contributed by atoms with van der Waals surface area (Å²) in [5, 5.41) is 0. The lowest BCUT2D eigenvalue weighted by Crippen LogP contribution is -2.28. The number of allylic oxidation sites excluding steroid dienone is 1. The lowest BCUT2D eigenvalue weighted by Gasteiger charge is -2.36. The minimum Gasteiger partial charge on any atom is -0.103 e. The molecule has 0 N–H and O–H groups in total. The summed E-state index contributed by atoms with van der Waals surface area (Å²) >= 11 is 0. The molecule has 0 heterocycles. The molecule has 0 saturated heterocycles. The van der Waals surface area contributed by atoms with E-state index in [1.807, 2.05) is 0 Å². The molecule has 0 aromatic carbocycles. The first-order valence-corrected chi connectivity index (χ1v) is 9.10. The molecule has 1 rings (SSSR count). The van der Waals surface area contributed by atoms with Gasteiger partial charge < -0.3 is 0 Å². The van der Waals surface area contributed by atoms with Crippen LogP contribution in [0.5, 0.6) is 0 Å². The van der Waals surface area contributed by atoms with Crippen LogP contribution >= 0.6 is 0 Å². The molecule has 1 aliphatic rings. The maximum atomic E-state index is 3.95. The average molecular weight is 279 g/mol. The Morgan fingerprint density at radius 3 is 2.40 bits per heavy atom. The van der Waals surface area contributed by atoms with Crippen LogP contribution in [0, 0.1) is 35.5 Å². The molecule has 0 aromatic rings. The van der Waals surface area contributed by atoms with E-state index in [0.717, 1.165) is 35.5 Å². The highest BCUT2D eigenvalue weighted by Crippen LogP contribution is 2.40. The van der Waals surface area contributed by atoms with Crippen molar-refractivity contribution in [2.24, 2.45) is 35.5 Å². The largest absolute Gasteiger partial charge is 0.103 e. The fourth-order valence-electron chi connectivity index (χ4n) is 4.76. The third-order valence-corrected chi connectivity index (χ3v) is 5.86. The standard InChI is InChI=1S/C20H38/c1-7-10-17(5)19(8-2)20-14-16(4)13-15(3)11-9-12-18(20)6/h7,15-20H,1,8-14H2,2-6H3. The highest BCUT2D eigenvalue weighted by molar-refractivity contribution is 4.84. The van der Waals surface area contributed by atoms with Gasteiger partial charge in [-0.1, -0.05) is 66.4 Å². The van der Waals surface area contributed by atoms with E-state index in [1.165, 1.54) is 44.9 Å². The van der Waals surface area contributed by atoms with Crippen LogP contribution in [0.3, 0.4) is 0 Å². The van der Waals surface area contributed by atoms with Gasteiger partial charge in [-0.05, 0) is 54.8 Å². The van der Waals surface area contributed by atoms with Crippen molar-refractivity contribution in [3.8, 4) is 0 Å². The van der Waals surface area contributed by atoms with E-state index in [1.54, 1.807) is 0 Å². The van der Waals surface area contributed by atoms with E-state index in [9.17, 15) is 0 Å². The van der Waals surface area contributed by atoms with Gasteiger partial charge in [-0.3, -0.25) is 0 Å². The van der Waals surface area contributed by atoms with Crippen molar-refractivity contribution in [1.82, 2.24) is 0 Å². The van der Waals surface area contributed by atoms with Crippen LogP contribution in [0.4, 0.5) is 0 Å². The van der Waals surface area contributed by atoms with Crippen LogP contribution in [0.2, 0.25) is 0 Å². The van der Waals surface area contributed by atoms with Crippen LogP contribution in [0.1, 0.15) is 79.6 Å². The van der Waals surface area contributed by atoms with E-state index >= 15 is 0 Å². The summed E-state index contributed by atoms with van der Waals surface area (Å²) in [5.41, 5.74) is 0. The molecular formula is C20H38. The summed E-state index contributed by atoms with van der Waals surface area (Å²) in [7, 11) is 0.